The van der Waals surface area contributed by atoms with Crippen LogP contribution in [0.1, 0.15) is 24.6 Å². The summed E-state index contributed by atoms with van der Waals surface area (Å²) in [5, 5.41) is 0. The van der Waals surface area contributed by atoms with Crippen LogP contribution in [0.4, 0.5) is 0 Å². The third-order valence-corrected chi connectivity index (χ3v) is 6.04. The fourth-order valence-electron chi connectivity index (χ4n) is 1.39. The SMILES string of the molecule is CCCOCCCNS(=O)(=O)c1cc(CN)sc1Br. The van der Waals surface area contributed by atoms with Gasteiger partial charge in [-0.25, -0.2) is 13.1 Å². The molecule has 1 aromatic rings. The lowest BCUT2D eigenvalue weighted by molar-refractivity contribution is 0.133. The van der Waals surface area contributed by atoms with E-state index < -0.39 is 10.0 Å². The number of nitrogens with two attached hydrogens (primary N) is 1. The fraction of sp³-hybridized carbons (Fsp3) is 0.636. The molecule has 110 valence electrons. The number of nitrogens with one attached hydrogen (secondary N) is 1. The number of halogens is 1. The Morgan fingerprint density at radius 2 is 2.21 bits per heavy atom. The van der Waals surface area contributed by atoms with E-state index in [1.54, 1.807) is 6.07 Å². The Labute approximate surface area is 126 Å². The zero-order chi connectivity index (χ0) is 14.3. The summed E-state index contributed by atoms with van der Waals surface area (Å²) in [5.74, 6) is 0. The van der Waals surface area contributed by atoms with Crippen LogP contribution in [0.5, 0.6) is 0 Å². The molecule has 0 aliphatic rings. The second-order valence-electron chi connectivity index (χ2n) is 3.92. The van der Waals surface area contributed by atoms with Gasteiger partial charge in [0.25, 0.3) is 0 Å². The van der Waals surface area contributed by atoms with Gasteiger partial charge in [0.2, 0.25) is 10.0 Å². The predicted octanol–water partition coefficient (Wildman–Crippen LogP) is 2.06. The molecule has 0 unspecified atom stereocenters. The molecule has 0 aliphatic heterocycles. The second kappa shape index (κ2) is 8.33. The highest BCUT2D eigenvalue weighted by molar-refractivity contribution is 9.11. The van der Waals surface area contributed by atoms with Crippen molar-refractivity contribution in [3.05, 3.63) is 14.7 Å². The molecule has 5 nitrogen and oxygen atoms in total. The molecule has 0 saturated heterocycles. The molecule has 0 saturated carbocycles. The third-order valence-electron chi connectivity index (χ3n) is 2.30. The van der Waals surface area contributed by atoms with Crippen molar-refractivity contribution in [1.82, 2.24) is 4.72 Å². The van der Waals surface area contributed by atoms with E-state index in [1.165, 1.54) is 11.3 Å². The maximum Gasteiger partial charge on any atom is 0.242 e. The number of rotatable bonds is 9. The molecule has 1 aromatic heterocycles. The molecule has 1 rings (SSSR count). The highest BCUT2D eigenvalue weighted by Gasteiger charge is 2.19. The fourth-order valence-corrected chi connectivity index (χ4v) is 5.02. The van der Waals surface area contributed by atoms with E-state index in [2.05, 4.69) is 20.7 Å². The summed E-state index contributed by atoms with van der Waals surface area (Å²) in [6.45, 7) is 4.01. The predicted molar refractivity (Wildman–Crippen MR) is 80.8 cm³/mol. The minimum absolute atomic E-state index is 0.257. The first-order valence-electron chi connectivity index (χ1n) is 6.07. The minimum atomic E-state index is -3.47. The van der Waals surface area contributed by atoms with Crippen molar-refractivity contribution >= 4 is 37.3 Å². The van der Waals surface area contributed by atoms with Crippen molar-refractivity contribution in [3.8, 4) is 0 Å². The molecule has 0 fully saturated rings. The number of hydrogen-bond acceptors (Lipinski definition) is 5. The molecule has 8 heteroatoms. The molecule has 0 amide bonds. The molecule has 1 heterocycles. The van der Waals surface area contributed by atoms with Gasteiger partial charge in [0.1, 0.15) is 4.90 Å². The van der Waals surface area contributed by atoms with E-state index in [0.717, 1.165) is 11.3 Å². The van der Waals surface area contributed by atoms with Crippen molar-refractivity contribution in [3.63, 3.8) is 0 Å². The molecule has 0 atom stereocenters. The van der Waals surface area contributed by atoms with Crippen LogP contribution >= 0.6 is 27.3 Å². The zero-order valence-electron chi connectivity index (χ0n) is 10.8. The Kier molecular flexibility index (Phi) is 7.48. The van der Waals surface area contributed by atoms with Gasteiger partial charge in [-0.3, -0.25) is 0 Å². The highest BCUT2D eigenvalue weighted by Crippen LogP contribution is 2.31. The Bertz CT molecular complexity index is 488. The normalized spacial score (nSPS) is 11.9. The summed E-state index contributed by atoms with van der Waals surface area (Å²) in [7, 11) is -3.47. The topological polar surface area (TPSA) is 81.4 Å². The number of hydrogen-bond donors (Lipinski definition) is 2. The van der Waals surface area contributed by atoms with Crippen LogP contribution in [0.25, 0.3) is 0 Å². The molecule has 0 aliphatic carbocycles. The molecule has 19 heavy (non-hydrogen) atoms. The third kappa shape index (κ3) is 5.49. The van der Waals surface area contributed by atoms with Crippen molar-refractivity contribution in [2.45, 2.75) is 31.2 Å². The monoisotopic (exact) mass is 370 g/mol. The zero-order valence-corrected chi connectivity index (χ0v) is 14.0. The molecule has 0 spiro atoms. The maximum atomic E-state index is 12.1. The van der Waals surface area contributed by atoms with Gasteiger partial charge in [-0.05, 0) is 34.8 Å². The summed E-state index contributed by atoms with van der Waals surface area (Å²) in [4.78, 5) is 1.09. The van der Waals surface area contributed by atoms with Gasteiger partial charge in [-0.15, -0.1) is 11.3 Å². The standard InChI is InChI=1S/C11H19BrN2O3S2/c1-2-5-17-6-3-4-14-19(15,16)10-7-9(8-13)18-11(10)12/h7,14H,2-6,8,13H2,1H3. The largest absolute Gasteiger partial charge is 0.381 e. The number of ether oxygens (including phenoxy) is 1. The Hall–Kier alpha value is 0.01000. The van der Waals surface area contributed by atoms with Gasteiger partial charge in [-0.1, -0.05) is 6.92 Å². The van der Waals surface area contributed by atoms with E-state index in [-0.39, 0.29) is 4.90 Å². The van der Waals surface area contributed by atoms with Gasteiger partial charge in [-0.2, -0.15) is 0 Å². The van der Waals surface area contributed by atoms with Crippen LogP contribution in [0, 0.1) is 0 Å². The second-order valence-corrected chi connectivity index (χ2v) is 8.11. The smallest absolute Gasteiger partial charge is 0.242 e. The number of sulfonamides is 1. The van der Waals surface area contributed by atoms with Crippen LogP contribution in [-0.2, 0) is 21.3 Å². The van der Waals surface area contributed by atoms with Gasteiger partial charge < -0.3 is 10.5 Å². The van der Waals surface area contributed by atoms with E-state index >= 15 is 0 Å². The van der Waals surface area contributed by atoms with Crippen molar-refractivity contribution in [1.29, 1.82) is 0 Å². The van der Waals surface area contributed by atoms with Gasteiger partial charge in [0.05, 0.1) is 3.79 Å². The molecular formula is C11H19BrN2O3S2. The van der Waals surface area contributed by atoms with Crippen molar-refractivity contribution in [2.24, 2.45) is 5.73 Å². The number of thiophene rings is 1. The highest BCUT2D eigenvalue weighted by atomic mass is 79.9. The van der Waals surface area contributed by atoms with E-state index in [9.17, 15) is 8.42 Å². The lowest BCUT2D eigenvalue weighted by Gasteiger charge is -2.06. The van der Waals surface area contributed by atoms with E-state index in [4.69, 9.17) is 10.5 Å². The lowest BCUT2D eigenvalue weighted by Crippen LogP contribution is -2.25. The maximum absolute atomic E-state index is 12.1. The first-order chi connectivity index (χ1) is 9.01. The molecule has 0 radical (unpaired) electrons. The summed E-state index contributed by atoms with van der Waals surface area (Å²) in [5.41, 5.74) is 5.50. The first-order valence-corrected chi connectivity index (χ1v) is 9.16. The van der Waals surface area contributed by atoms with Crippen LogP contribution in [0.2, 0.25) is 0 Å². The molecule has 0 bridgehead atoms. The molecule has 0 aromatic carbocycles. The summed E-state index contributed by atoms with van der Waals surface area (Å²) >= 11 is 4.60. The van der Waals surface area contributed by atoms with Crippen LogP contribution in [-0.4, -0.2) is 28.2 Å². The van der Waals surface area contributed by atoms with E-state index in [0.29, 0.717) is 36.5 Å². The van der Waals surface area contributed by atoms with Gasteiger partial charge in [0, 0.05) is 31.2 Å². The Morgan fingerprint density at radius 3 is 2.79 bits per heavy atom. The Morgan fingerprint density at radius 1 is 1.47 bits per heavy atom. The molecular weight excluding hydrogens is 352 g/mol. The van der Waals surface area contributed by atoms with Crippen LogP contribution in [0.15, 0.2) is 14.7 Å². The first kappa shape index (κ1) is 17.1. The lowest BCUT2D eigenvalue weighted by atomic mass is 10.4. The average Bonchev–Trinajstić information content (AvgIpc) is 2.76. The molecule has 3 N–H and O–H groups in total. The van der Waals surface area contributed by atoms with Crippen molar-refractivity contribution in [2.75, 3.05) is 19.8 Å². The van der Waals surface area contributed by atoms with Gasteiger partial charge >= 0.3 is 0 Å². The van der Waals surface area contributed by atoms with Crippen LogP contribution < -0.4 is 10.5 Å². The minimum Gasteiger partial charge on any atom is -0.381 e. The van der Waals surface area contributed by atoms with Crippen LogP contribution in [0.3, 0.4) is 0 Å². The van der Waals surface area contributed by atoms with E-state index in [1.807, 2.05) is 6.92 Å². The quantitative estimate of drug-likeness (QED) is 0.651. The van der Waals surface area contributed by atoms with Crippen molar-refractivity contribution < 1.29 is 13.2 Å². The average molecular weight is 371 g/mol. The van der Waals surface area contributed by atoms with Gasteiger partial charge in [0.15, 0.2) is 0 Å². The summed E-state index contributed by atoms with van der Waals surface area (Å²) in [6, 6.07) is 1.60. The summed E-state index contributed by atoms with van der Waals surface area (Å²) in [6.07, 6.45) is 1.63. The Balaban J connectivity index is 2.49. The summed E-state index contributed by atoms with van der Waals surface area (Å²) < 4.78 is 32.5.